The Hall–Kier alpha value is -0.780. The molecule has 102 valence electrons. The van der Waals surface area contributed by atoms with Crippen molar-refractivity contribution in [3.63, 3.8) is 0 Å². The van der Waals surface area contributed by atoms with E-state index in [2.05, 4.69) is 5.32 Å². The Kier molecular flexibility index (Phi) is 7.08. The van der Waals surface area contributed by atoms with Gasteiger partial charge >= 0.3 is 0 Å². The third-order valence-electron chi connectivity index (χ3n) is 2.60. The largest absolute Gasteiger partial charge is 0.508 e. The summed E-state index contributed by atoms with van der Waals surface area (Å²) in [5.74, 6) is 1.46. The highest BCUT2D eigenvalue weighted by Gasteiger charge is 2.10. The van der Waals surface area contributed by atoms with Crippen molar-refractivity contribution in [1.29, 1.82) is 0 Å². The van der Waals surface area contributed by atoms with E-state index >= 15 is 0 Å². The van der Waals surface area contributed by atoms with Gasteiger partial charge in [0.2, 0.25) is 0 Å². The second-order valence-electron chi connectivity index (χ2n) is 4.07. The number of thioether (sulfide) groups is 1. The van der Waals surface area contributed by atoms with E-state index in [1.165, 1.54) is 6.07 Å². The zero-order valence-corrected chi connectivity index (χ0v) is 11.3. The van der Waals surface area contributed by atoms with Gasteiger partial charge in [0, 0.05) is 36.6 Å². The zero-order chi connectivity index (χ0) is 13.4. The Bertz CT molecular complexity index is 363. The lowest BCUT2D eigenvalue weighted by atomic mass is 10.1. The smallest absolute Gasteiger partial charge is 0.126 e. The van der Waals surface area contributed by atoms with E-state index in [4.69, 9.17) is 5.11 Å². The van der Waals surface area contributed by atoms with Gasteiger partial charge < -0.3 is 15.5 Å². The van der Waals surface area contributed by atoms with Crippen molar-refractivity contribution in [2.24, 2.45) is 0 Å². The minimum absolute atomic E-state index is 0.0101. The first-order chi connectivity index (χ1) is 8.65. The van der Waals surface area contributed by atoms with Crippen molar-refractivity contribution in [2.75, 3.05) is 24.7 Å². The second kappa shape index (κ2) is 8.34. The van der Waals surface area contributed by atoms with E-state index in [0.29, 0.717) is 5.56 Å². The number of rotatable bonds is 8. The molecule has 0 radical (unpaired) electrons. The third-order valence-corrected chi connectivity index (χ3v) is 3.67. The number of benzene rings is 1. The molecule has 0 fully saturated rings. The molecule has 0 bridgehead atoms. The number of halogens is 1. The highest BCUT2D eigenvalue weighted by atomic mass is 32.2. The van der Waals surface area contributed by atoms with Gasteiger partial charge in [-0.25, -0.2) is 4.39 Å². The molecule has 0 amide bonds. The number of phenolic OH excluding ortho intramolecular Hbond substituents is 1. The number of hydrogen-bond acceptors (Lipinski definition) is 4. The first-order valence-corrected chi connectivity index (χ1v) is 7.21. The van der Waals surface area contributed by atoms with Crippen LogP contribution in [0.4, 0.5) is 4.39 Å². The minimum atomic E-state index is -0.428. The molecule has 0 heterocycles. The Morgan fingerprint density at radius 1 is 1.39 bits per heavy atom. The van der Waals surface area contributed by atoms with Crippen LogP contribution in [0, 0.1) is 5.82 Å². The summed E-state index contributed by atoms with van der Waals surface area (Å²) in [5, 5.41) is 21.5. The molecule has 5 heteroatoms. The summed E-state index contributed by atoms with van der Waals surface area (Å²) in [6.07, 6.45) is 0.818. The molecule has 1 aromatic carbocycles. The Balaban J connectivity index is 2.29. The number of aliphatic hydroxyl groups is 1. The summed E-state index contributed by atoms with van der Waals surface area (Å²) in [6.45, 7) is 2.99. The van der Waals surface area contributed by atoms with Crippen LogP contribution in [0.15, 0.2) is 18.2 Å². The molecule has 1 unspecified atom stereocenters. The van der Waals surface area contributed by atoms with Crippen LogP contribution in [0.3, 0.4) is 0 Å². The molecule has 0 aromatic heterocycles. The Morgan fingerprint density at radius 3 is 2.83 bits per heavy atom. The van der Waals surface area contributed by atoms with Crippen molar-refractivity contribution in [2.45, 2.75) is 19.4 Å². The van der Waals surface area contributed by atoms with Crippen molar-refractivity contribution in [3.8, 4) is 5.75 Å². The first-order valence-electron chi connectivity index (χ1n) is 6.05. The molecular weight excluding hydrogens is 253 g/mol. The van der Waals surface area contributed by atoms with Gasteiger partial charge in [-0.2, -0.15) is 11.8 Å². The van der Waals surface area contributed by atoms with Gasteiger partial charge in [-0.15, -0.1) is 0 Å². The molecule has 0 aliphatic rings. The molecule has 18 heavy (non-hydrogen) atoms. The van der Waals surface area contributed by atoms with E-state index < -0.39 is 5.82 Å². The number of aromatic hydroxyl groups is 1. The summed E-state index contributed by atoms with van der Waals surface area (Å²) >= 11 is 1.78. The van der Waals surface area contributed by atoms with Crippen LogP contribution in [-0.4, -0.2) is 34.9 Å². The number of hydrogen-bond donors (Lipinski definition) is 3. The predicted octanol–water partition coefficient (Wildman–Crippen LogP) is 2.30. The molecule has 1 rings (SSSR count). The summed E-state index contributed by atoms with van der Waals surface area (Å²) < 4.78 is 12.8. The zero-order valence-electron chi connectivity index (χ0n) is 10.5. The minimum Gasteiger partial charge on any atom is -0.508 e. The van der Waals surface area contributed by atoms with Gasteiger partial charge in [0.1, 0.15) is 11.6 Å². The van der Waals surface area contributed by atoms with Crippen LogP contribution in [0.1, 0.15) is 24.9 Å². The van der Waals surface area contributed by atoms with Crippen molar-refractivity contribution in [1.82, 2.24) is 5.32 Å². The number of phenols is 1. The van der Waals surface area contributed by atoms with Crippen LogP contribution in [-0.2, 0) is 0 Å². The molecule has 0 saturated heterocycles. The lowest BCUT2D eigenvalue weighted by Gasteiger charge is -2.15. The molecular formula is C13H20FNO2S. The normalized spacial score (nSPS) is 12.6. The standard InChI is InChI=1S/C13H20FNO2S/c1-10(15-5-8-18-7-2-6-16)12-4-3-11(14)9-13(12)17/h3-4,9-10,15-17H,2,5-8H2,1H3. The maximum Gasteiger partial charge on any atom is 0.126 e. The first kappa shape index (κ1) is 15.3. The number of nitrogens with one attached hydrogen (secondary N) is 1. The average molecular weight is 273 g/mol. The summed E-state index contributed by atoms with van der Waals surface area (Å²) in [4.78, 5) is 0. The van der Waals surface area contributed by atoms with Gasteiger partial charge in [-0.1, -0.05) is 6.07 Å². The molecule has 1 aromatic rings. The lowest BCUT2D eigenvalue weighted by molar-refractivity contribution is 0.296. The maximum atomic E-state index is 12.8. The summed E-state index contributed by atoms with van der Waals surface area (Å²) in [7, 11) is 0. The molecule has 3 N–H and O–H groups in total. The lowest BCUT2D eigenvalue weighted by Crippen LogP contribution is -2.21. The van der Waals surface area contributed by atoms with Gasteiger partial charge in [0.25, 0.3) is 0 Å². The fourth-order valence-corrected chi connectivity index (χ4v) is 2.41. The second-order valence-corrected chi connectivity index (χ2v) is 5.29. The maximum absolute atomic E-state index is 12.8. The summed E-state index contributed by atoms with van der Waals surface area (Å²) in [6, 6.07) is 4.07. The molecule has 1 atom stereocenters. The average Bonchev–Trinajstić information content (AvgIpc) is 2.33. The van der Waals surface area contributed by atoms with E-state index in [1.54, 1.807) is 17.8 Å². The molecule has 0 spiro atoms. The quantitative estimate of drug-likeness (QED) is 0.636. The Labute approximate surface area is 111 Å². The topological polar surface area (TPSA) is 52.5 Å². The Morgan fingerprint density at radius 2 is 2.17 bits per heavy atom. The fraction of sp³-hybridized carbons (Fsp3) is 0.538. The SMILES string of the molecule is CC(NCCSCCCO)c1ccc(F)cc1O. The van der Waals surface area contributed by atoms with Crippen LogP contribution in [0.25, 0.3) is 0 Å². The van der Waals surface area contributed by atoms with E-state index in [1.807, 2.05) is 6.92 Å². The number of aliphatic hydroxyl groups excluding tert-OH is 1. The van der Waals surface area contributed by atoms with Gasteiger partial charge in [-0.3, -0.25) is 0 Å². The van der Waals surface area contributed by atoms with Crippen LogP contribution in [0.2, 0.25) is 0 Å². The molecule has 3 nitrogen and oxygen atoms in total. The van der Waals surface area contributed by atoms with Gasteiger partial charge in [-0.05, 0) is 25.2 Å². The predicted molar refractivity (Wildman–Crippen MR) is 73.5 cm³/mol. The van der Waals surface area contributed by atoms with Crippen LogP contribution in [0.5, 0.6) is 5.75 Å². The van der Waals surface area contributed by atoms with E-state index in [9.17, 15) is 9.50 Å². The van der Waals surface area contributed by atoms with Crippen molar-refractivity contribution in [3.05, 3.63) is 29.6 Å². The van der Waals surface area contributed by atoms with Crippen molar-refractivity contribution < 1.29 is 14.6 Å². The fourth-order valence-electron chi connectivity index (χ4n) is 1.61. The summed E-state index contributed by atoms with van der Waals surface area (Å²) in [5.41, 5.74) is 0.705. The monoisotopic (exact) mass is 273 g/mol. The van der Waals surface area contributed by atoms with Gasteiger partial charge in [0.05, 0.1) is 0 Å². The molecule has 0 aliphatic carbocycles. The van der Waals surface area contributed by atoms with Crippen LogP contribution >= 0.6 is 11.8 Å². The molecule has 0 aliphatic heterocycles. The molecule has 0 saturated carbocycles. The third kappa shape index (κ3) is 5.25. The highest BCUT2D eigenvalue weighted by molar-refractivity contribution is 7.99. The van der Waals surface area contributed by atoms with E-state index in [-0.39, 0.29) is 18.4 Å². The highest BCUT2D eigenvalue weighted by Crippen LogP contribution is 2.24. The van der Waals surface area contributed by atoms with Crippen LogP contribution < -0.4 is 5.32 Å². The van der Waals surface area contributed by atoms with Crippen molar-refractivity contribution >= 4 is 11.8 Å². The van der Waals surface area contributed by atoms with Gasteiger partial charge in [0.15, 0.2) is 0 Å². The van der Waals surface area contributed by atoms with E-state index in [0.717, 1.165) is 30.5 Å².